The summed E-state index contributed by atoms with van der Waals surface area (Å²) in [5.41, 5.74) is 2.33. The first-order chi connectivity index (χ1) is 7.29. The molecule has 78 valence electrons. The van der Waals surface area contributed by atoms with Crippen LogP contribution >= 0.6 is 11.8 Å². The van der Waals surface area contributed by atoms with Crippen molar-refractivity contribution < 1.29 is 0 Å². The van der Waals surface area contributed by atoms with E-state index in [-0.39, 0.29) is 0 Å². The van der Waals surface area contributed by atoms with Crippen LogP contribution in [0.2, 0.25) is 0 Å². The summed E-state index contributed by atoms with van der Waals surface area (Å²) in [6, 6.07) is 8.25. The van der Waals surface area contributed by atoms with Gasteiger partial charge in [0.2, 0.25) is 5.16 Å². The van der Waals surface area contributed by atoms with Gasteiger partial charge in [0.15, 0.2) is 5.82 Å². The van der Waals surface area contributed by atoms with Crippen LogP contribution < -0.4 is 0 Å². The normalized spacial score (nSPS) is 10.5. The smallest absolute Gasteiger partial charge is 0.208 e. The largest absolute Gasteiger partial charge is 0.258 e. The van der Waals surface area contributed by atoms with Gasteiger partial charge in [0.05, 0.1) is 0 Å². The van der Waals surface area contributed by atoms with Crippen LogP contribution in [0.15, 0.2) is 29.4 Å². The first-order valence-corrected chi connectivity index (χ1v) is 5.90. The van der Waals surface area contributed by atoms with Crippen molar-refractivity contribution in [3.63, 3.8) is 0 Å². The van der Waals surface area contributed by atoms with Crippen molar-refractivity contribution in [2.24, 2.45) is 0 Å². The van der Waals surface area contributed by atoms with Crippen molar-refractivity contribution in [3.8, 4) is 11.4 Å². The second-order valence-corrected chi connectivity index (χ2v) is 4.50. The molecule has 4 heteroatoms. The Kier molecular flexibility index (Phi) is 3.06. The molecule has 0 fully saturated rings. The highest BCUT2D eigenvalue weighted by molar-refractivity contribution is 7.99. The number of aryl methyl sites for hydroxylation is 1. The number of aromatic nitrogens is 3. The van der Waals surface area contributed by atoms with E-state index in [2.05, 4.69) is 53.3 Å². The van der Waals surface area contributed by atoms with E-state index in [0.29, 0.717) is 0 Å². The monoisotopic (exact) mass is 219 g/mol. The number of rotatable bonds is 3. The van der Waals surface area contributed by atoms with Crippen molar-refractivity contribution in [2.45, 2.75) is 19.0 Å². The number of H-pyrrole nitrogens is 1. The van der Waals surface area contributed by atoms with E-state index in [1.54, 1.807) is 11.8 Å². The van der Waals surface area contributed by atoms with Gasteiger partial charge < -0.3 is 0 Å². The van der Waals surface area contributed by atoms with Crippen molar-refractivity contribution in [1.82, 2.24) is 15.2 Å². The first kappa shape index (κ1) is 10.2. The van der Waals surface area contributed by atoms with Crippen molar-refractivity contribution in [1.29, 1.82) is 0 Å². The van der Waals surface area contributed by atoms with Gasteiger partial charge in [0.25, 0.3) is 0 Å². The van der Waals surface area contributed by atoms with Crippen molar-refractivity contribution in [3.05, 3.63) is 29.8 Å². The van der Waals surface area contributed by atoms with E-state index in [0.717, 1.165) is 22.3 Å². The van der Waals surface area contributed by atoms with Gasteiger partial charge >= 0.3 is 0 Å². The first-order valence-electron chi connectivity index (χ1n) is 4.92. The van der Waals surface area contributed by atoms with E-state index in [1.165, 1.54) is 5.56 Å². The Morgan fingerprint density at radius 3 is 2.67 bits per heavy atom. The SMILES string of the molecule is CCSc1n[nH]c(-c2ccc(C)cc2)n1. The molecule has 1 aromatic heterocycles. The molecule has 1 heterocycles. The molecule has 1 N–H and O–H groups in total. The highest BCUT2D eigenvalue weighted by Crippen LogP contribution is 2.18. The minimum atomic E-state index is 0.813. The minimum absolute atomic E-state index is 0.813. The molecule has 1 aromatic carbocycles. The van der Waals surface area contributed by atoms with Gasteiger partial charge in [-0.2, -0.15) is 0 Å². The molecule has 0 atom stereocenters. The van der Waals surface area contributed by atoms with E-state index >= 15 is 0 Å². The van der Waals surface area contributed by atoms with Gasteiger partial charge in [-0.3, -0.25) is 5.10 Å². The zero-order valence-corrected chi connectivity index (χ0v) is 9.64. The number of nitrogens with one attached hydrogen (secondary N) is 1. The zero-order chi connectivity index (χ0) is 10.7. The maximum atomic E-state index is 4.40. The van der Waals surface area contributed by atoms with Crippen LogP contribution in [0.1, 0.15) is 12.5 Å². The fraction of sp³-hybridized carbons (Fsp3) is 0.273. The summed E-state index contributed by atoms with van der Waals surface area (Å²) in [4.78, 5) is 4.40. The van der Waals surface area contributed by atoms with Crippen LogP contribution in [0, 0.1) is 6.92 Å². The maximum Gasteiger partial charge on any atom is 0.208 e. The Morgan fingerprint density at radius 1 is 1.27 bits per heavy atom. The average Bonchev–Trinajstić information content (AvgIpc) is 2.68. The Labute approximate surface area is 93.3 Å². The zero-order valence-electron chi connectivity index (χ0n) is 8.82. The highest BCUT2D eigenvalue weighted by Gasteiger charge is 2.04. The second-order valence-electron chi connectivity index (χ2n) is 3.27. The predicted molar refractivity (Wildman–Crippen MR) is 63.0 cm³/mol. The summed E-state index contributed by atoms with van der Waals surface area (Å²) in [6.45, 7) is 4.16. The number of thioether (sulfide) groups is 1. The molecule has 2 aromatic rings. The predicted octanol–water partition coefficient (Wildman–Crippen LogP) is 2.89. The summed E-state index contributed by atoms with van der Waals surface area (Å²) >= 11 is 1.64. The second kappa shape index (κ2) is 4.49. The molecular weight excluding hydrogens is 206 g/mol. The standard InChI is InChI=1S/C11H13N3S/c1-3-15-11-12-10(13-14-11)9-6-4-8(2)5-7-9/h4-7H,3H2,1-2H3,(H,12,13,14). The number of aromatic amines is 1. The van der Waals surface area contributed by atoms with Gasteiger partial charge in [0.1, 0.15) is 0 Å². The molecule has 2 rings (SSSR count). The van der Waals surface area contributed by atoms with Crippen LogP contribution in [0.4, 0.5) is 0 Å². The molecule has 0 aliphatic rings. The van der Waals surface area contributed by atoms with Crippen LogP contribution in [-0.2, 0) is 0 Å². The molecule has 3 nitrogen and oxygen atoms in total. The molecule has 15 heavy (non-hydrogen) atoms. The highest BCUT2D eigenvalue weighted by atomic mass is 32.2. The fourth-order valence-corrected chi connectivity index (χ4v) is 1.80. The Hall–Kier alpha value is -1.29. The van der Waals surface area contributed by atoms with Gasteiger partial charge in [-0.05, 0) is 12.7 Å². The van der Waals surface area contributed by atoms with Crippen LogP contribution in [0.3, 0.4) is 0 Å². The Bertz CT molecular complexity index is 433. The maximum absolute atomic E-state index is 4.40. The number of hydrogen-bond acceptors (Lipinski definition) is 3. The summed E-state index contributed by atoms with van der Waals surface area (Å²) in [6.07, 6.45) is 0. The van der Waals surface area contributed by atoms with Gasteiger partial charge in [-0.1, -0.05) is 48.5 Å². The lowest BCUT2D eigenvalue weighted by atomic mass is 10.1. The molecule has 0 spiro atoms. The molecule has 0 aliphatic heterocycles. The third kappa shape index (κ3) is 2.39. The lowest BCUT2D eigenvalue weighted by Gasteiger charge is -1.95. The van der Waals surface area contributed by atoms with Gasteiger partial charge in [-0.25, -0.2) is 4.98 Å². The molecular formula is C11H13N3S. The molecule has 0 radical (unpaired) electrons. The Balaban J connectivity index is 2.25. The van der Waals surface area contributed by atoms with Crippen LogP contribution in [-0.4, -0.2) is 20.9 Å². The molecule has 0 saturated heterocycles. The molecule has 0 bridgehead atoms. The molecule has 0 unspecified atom stereocenters. The Morgan fingerprint density at radius 2 is 2.00 bits per heavy atom. The van der Waals surface area contributed by atoms with Gasteiger partial charge in [0, 0.05) is 5.56 Å². The minimum Gasteiger partial charge on any atom is -0.258 e. The number of benzene rings is 1. The molecule has 0 amide bonds. The van der Waals surface area contributed by atoms with E-state index < -0.39 is 0 Å². The van der Waals surface area contributed by atoms with E-state index in [1.807, 2.05) is 0 Å². The van der Waals surface area contributed by atoms with Crippen molar-refractivity contribution in [2.75, 3.05) is 5.75 Å². The van der Waals surface area contributed by atoms with Gasteiger partial charge in [-0.15, -0.1) is 5.10 Å². The third-order valence-electron chi connectivity index (χ3n) is 2.06. The third-order valence-corrected chi connectivity index (χ3v) is 2.79. The summed E-state index contributed by atoms with van der Waals surface area (Å²) in [5.74, 6) is 1.83. The number of hydrogen-bond donors (Lipinski definition) is 1. The number of nitrogens with zero attached hydrogens (tertiary/aromatic N) is 2. The van der Waals surface area contributed by atoms with E-state index in [4.69, 9.17) is 0 Å². The summed E-state index contributed by atoms with van der Waals surface area (Å²) in [7, 11) is 0. The van der Waals surface area contributed by atoms with E-state index in [9.17, 15) is 0 Å². The average molecular weight is 219 g/mol. The lowest BCUT2D eigenvalue weighted by molar-refractivity contribution is 0.974. The quantitative estimate of drug-likeness (QED) is 0.807. The van der Waals surface area contributed by atoms with Crippen molar-refractivity contribution >= 4 is 11.8 Å². The lowest BCUT2D eigenvalue weighted by Crippen LogP contribution is -1.80. The molecule has 0 aliphatic carbocycles. The van der Waals surface area contributed by atoms with Crippen LogP contribution in [0.5, 0.6) is 0 Å². The fourth-order valence-electron chi connectivity index (χ4n) is 1.28. The summed E-state index contributed by atoms with van der Waals surface area (Å²) in [5, 5.41) is 7.89. The summed E-state index contributed by atoms with van der Waals surface area (Å²) < 4.78 is 0. The molecule has 0 saturated carbocycles. The topological polar surface area (TPSA) is 41.6 Å². The van der Waals surface area contributed by atoms with Crippen LogP contribution in [0.25, 0.3) is 11.4 Å².